The zero-order valence-electron chi connectivity index (χ0n) is 15.0. The predicted molar refractivity (Wildman–Crippen MR) is 94.5 cm³/mol. The molecule has 0 spiro atoms. The second-order valence-electron chi connectivity index (χ2n) is 7.35. The molecule has 0 saturated carbocycles. The number of amides is 1. The van der Waals surface area contributed by atoms with E-state index >= 15 is 0 Å². The van der Waals surface area contributed by atoms with Crippen LogP contribution in [0.5, 0.6) is 0 Å². The number of likely N-dealkylation sites (tertiary alicyclic amines) is 1. The Bertz CT molecular complexity index is 661. The molecule has 0 unspecified atom stereocenters. The molecule has 2 rings (SSSR count). The fourth-order valence-electron chi connectivity index (χ4n) is 3.01. The smallest absolute Gasteiger partial charge is 0.253 e. The van der Waals surface area contributed by atoms with Gasteiger partial charge in [-0.15, -0.1) is 0 Å². The van der Waals surface area contributed by atoms with Gasteiger partial charge in [0.15, 0.2) is 0 Å². The first kappa shape index (κ1) is 18.5. The maximum absolute atomic E-state index is 12.8. The van der Waals surface area contributed by atoms with Crippen LogP contribution >= 0.6 is 0 Å². The van der Waals surface area contributed by atoms with Gasteiger partial charge in [0.25, 0.3) is 5.91 Å². The first-order valence-electron chi connectivity index (χ1n) is 8.49. The minimum absolute atomic E-state index is 0.0316. The maximum atomic E-state index is 12.8. The van der Waals surface area contributed by atoms with Gasteiger partial charge in [-0.05, 0) is 51.8 Å². The van der Waals surface area contributed by atoms with Crippen LogP contribution in [0.1, 0.15) is 56.5 Å². The Morgan fingerprint density at radius 3 is 2.79 bits per heavy atom. The molecule has 1 aliphatic rings. The van der Waals surface area contributed by atoms with Crippen LogP contribution in [0.3, 0.4) is 0 Å². The lowest BCUT2D eigenvalue weighted by atomic mass is 9.81. The predicted octanol–water partition coefficient (Wildman–Crippen LogP) is 2.43. The van der Waals surface area contributed by atoms with Gasteiger partial charge in [-0.3, -0.25) is 4.79 Å². The summed E-state index contributed by atoms with van der Waals surface area (Å²) in [6, 6.07) is 7.17. The van der Waals surface area contributed by atoms with E-state index in [0.29, 0.717) is 30.6 Å². The van der Waals surface area contributed by atoms with Crippen LogP contribution in [-0.4, -0.2) is 45.3 Å². The van der Waals surface area contributed by atoms with E-state index in [4.69, 9.17) is 0 Å². The lowest BCUT2D eigenvalue weighted by molar-refractivity contribution is -0.0521. The summed E-state index contributed by atoms with van der Waals surface area (Å²) in [5.74, 6) is 5.72. The molecule has 1 fully saturated rings. The van der Waals surface area contributed by atoms with Gasteiger partial charge in [-0.1, -0.05) is 24.8 Å². The molecule has 1 saturated heterocycles. The summed E-state index contributed by atoms with van der Waals surface area (Å²) < 4.78 is 0. The Labute approximate surface area is 144 Å². The molecule has 24 heavy (non-hydrogen) atoms. The number of carbonyl (C=O) groups is 1. The molecule has 1 heterocycles. The van der Waals surface area contributed by atoms with E-state index in [1.165, 1.54) is 0 Å². The Balaban J connectivity index is 2.17. The highest BCUT2D eigenvalue weighted by Crippen LogP contribution is 2.30. The van der Waals surface area contributed by atoms with E-state index in [-0.39, 0.29) is 11.8 Å². The van der Waals surface area contributed by atoms with Gasteiger partial charge in [-0.2, -0.15) is 0 Å². The normalized spacial score (nSPS) is 24.2. The highest BCUT2D eigenvalue weighted by molar-refractivity contribution is 5.94. The monoisotopic (exact) mass is 329 g/mol. The minimum Gasteiger partial charge on any atom is -0.390 e. The number of piperidine rings is 1. The number of hydrogen-bond acceptors (Lipinski definition) is 3. The zero-order chi connectivity index (χ0) is 18.0. The first-order valence-corrected chi connectivity index (χ1v) is 8.49. The second kappa shape index (κ2) is 6.96. The number of benzene rings is 1. The van der Waals surface area contributed by atoms with Crippen molar-refractivity contribution in [3.8, 4) is 11.8 Å². The largest absolute Gasteiger partial charge is 0.390 e. The van der Waals surface area contributed by atoms with Gasteiger partial charge in [0.05, 0.1) is 5.60 Å². The van der Waals surface area contributed by atoms with Crippen molar-refractivity contribution in [2.45, 2.75) is 51.7 Å². The second-order valence-corrected chi connectivity index (χ2v) is 7.35. The van der Waals surface area contributed by atoms with Crippen LogP contribution in [0.25, 0.3) is 0 Å². The van der Waals surface area contributed by atoms with Crippen LogP contribution in [0.4, 0.5) is 0 Å². The van der Waals surface area contributed by atoms with Crippen molar-refractivity contribution in [2.75, 3.05) is 13.1 Å². The Morgan fingerprint density at radius 1 is 1.46 bits per heavy atom. The molecule has 1 aromatic carbocycles. The van der Waals surface area contributed by atoms with Crippen molar-refractivity contribution in [1.82, 2.24) is 4.90 Å². The maximum Gasteiger partial charge on any atom is 0.253 e. The fraction of sp³-hybridized carbons (Fsp3) is 0.550. The molecule has 1 amide bonds. The molecule has 0 aromatic heterocycles. The van der Waals surface area contributed by atoms with Gasteiger partial charge in [0.1, 0.15) is 5.60 Å². The molecule has 130 valence electrons. The van der Waals surface area contributed by atoms with E-state index in [1.807, 2.05) is 24.8 Å². The summed E-state index contributed by atoms with van der Waals surface area (Å²) >= 11 is 0. The van der Waals surface area contributed by atoms with Crippen molar-refractivity contribution in [3.63, 3.8) is 0 Å². The van der Waals surface area contributed by atoms with Crippen LogP contribution in [-0.2, 0) is 0 Å². The van der Waals surface area contributed by atoms with Crippen molar-refractivity contribution in [3.05, 3.63) is 35.4 Å². The Kier molecular flexibility index (Phi) is 5.37. The van der Waals surface area contributed by atoms with E-state index in [2.05, 4.69) is 11.8 Å². The summed E-state index contributed by atoms with van der Waals surface area (Å²) in [6.07, 6.45) is 1.43. The molecule has 1 aliphatic heterocycles. The first-order chi connectivity index (χ1) is 11.1. The average Bonchev–Trinajstić information content (AvgIpc) is 2.52. The van der Waals surface area contributed by atoms with Crippen LogP contribution in [0.2, 0.25) is 0 Å². The van der Waals surface area contributed by atoms with Crippen LogP contribution in [0, 0.1) is 17.8 Å². The fourth-order valence-corrected chi connectivity index (χ4v) is 3.01. The summed E-state index contributed by atoms with van der Waals surface area (Å²) in [5, 5.41) is 20.1. The molecule has 2 atom stereocenters. The van der Waals surface area contributed by atoms with Crippen molar-refractivity contribution < 1.29 is 15.0 Å². The van der Waals surface area contributed by atoms with Gasteiger partial charge >= 0.3 is 0 Å². The van der Waals surface area contributed by atoms with Crippen molar-refractivity contribution >= 4 is 5.91 Å². The van der Waals surface area contributed by atoms with Crippen LogP contribution < -0.4 is 0 Å². The van der Waals surface area contributed by atoms with Gasteiger partial charge in [-0.25, -0.2) is 0 Å². The third kappa shape index (κ3) is 4.59. The van der Waals surface area contributed by atoms with Crippen molar-refractivity contribution in [2.24, 2.45) is 5.92 Å². The van der Waals surface area contributed by atoms with E-state index < -0.39 is 11.2 Å². The molecule has 0 radical (unpaired) electrons. The van der Waals surface area contributed by atoms with Gasteiger partial charge < -0.3 is 15.1 Å². The lowest BCUT2D eigenvalue weighted by Gasteiger charge is -2.42. The molecule has 4 nitrogen and oxygen atoms in total. The summed E-state index contributed by atoms with van der Waals surface area (Å²) in [6.45, 7) is 8.28. The minimum atomic E-state index is -1.06. The topological polar surface area (TPSA) is 60.8 Å². The molecule has 0 aliphatic carbocycles. The lowest BCUT2D eigenvalue weighted by Crippen LogP contribution is -2.51. The Hall–Kier alpha value is -1.83. The number of nitrogens with zero attached hydrogens (tertiary/aromatic N) is 1. The third-order valence-electron chi connectivity index (χ3n) is 4.61. The van der Waals surface area contributed by atoms with Gasteiger partial charge in [0.2, 0.25) is 0 Å². The van der Waals surface area contributed by atoms with E-state index in [9.17, 15) is 15.0 Å². The molecular weight excluding hydrogens is 302 g/mol. The zero-order valence-corrected chi connectivity index (χ0v) is 15.0. The SMILES string of the molecule is CC[C@H]1CN(C(=O)c2cccc(C#CC(C)(C)O)c2)CC[C@@]1(C)O. The van der Waals surface area contributed by atoms with Gasteiger partial charge in [0, 0.05) is 30.1 Å². The molecular formula is C20H27NO3. The highest BCUT2D eigenvalue weighted by atomic mass is 16.3. The quantitative estimate of drug-likeness (QED) is 0.819. The number of rotatable bonds is 2. The third-order valence-corrected chi connectivity index (χ3v) is 4.61. The number of aliphatic hydroxyl groups is 2. The molecule has 0 bridgehead atoms. The number of hydrogen-bond donors (Lipinski definition) is 2. The summed E-state index contributed by atoms with van der Waals surface area (Å²) in [4.78, 5) is 14.6. The average molecular weight is 329 g/mol. The van der Waals surface area contributed by atoms with Crippen LogP contribution in [0.15, 0.2) is 24.3 Å². The van der Waals surface area contributed by atoms with E-state index in [1.54, 1.807) is 32.0 Å². The molecule has 1 aromatic rings. The van der Waals surface area contributed by atoms with E-state index in [0.717, 1.165) is 6.42 Å². The highest BCUT2D eigenvalue weighted by Gasteiger charge is 2.37. The molecule has 4 heteroatoms. The molecule has 2 N–H and O–H groups in total. The van der Waals surface area contributed by atoms with Crippen molar-refractivity contribution in [1.29, 1.82) is 0 Å². The standard InChI is InChI=1S/C20H27NO3/c1-5-17-14-21(12-11-20(17,4)24)18(22)16-8-6-7-15(13-16)9-10-19(2,3)23/h6-8,13,17,23-24H,5,11-12,14H2,1-4H3/t17-,20+/m0/s1. The number of carbonyl (C=O) groups excluding carboxylic acids is 1. The summed E-state index contributed by atoms with van der Waals surface area (Å²) in [5.41, 5.74) is -0.466. The Morgan fingerprint density at radius 2 is 2.17 bits per heavy atom. The summed E-state index contributed by atoms with van der Waals surface area (Å²) in [7, 11) is 0.